The summed E-state index contributed by atoms with van der Waals surface area (Å²) < 4.78 is 5.23. The van der Waals surface area contributed by atoms with Crippen molar-refractivity contribution in [2.24, 2.45) is 29.6 Å². The molecule has 106 valence electrons. The molecular formula is C16H25NO2. The van der Waals surface area contributed by atoms with Gasteiger partial charge in [-0.2, -0.15) is 0 Å². The molecule has 1 N–H and O–H groups in total. The predicted octanol–water partition coefficient (Wildman–Crippen LogP) is 2.35. The fourth-order valence-electron chi connectivity index (χ4n) is 5.43. The molecule has 0 atom stereocenters. The Hall–Kier alpha value is -0.570. The zero-order chi connectivity index (χ0) is 13.0. The summed E-state index contributed by atoms with van der Waals surface area (Å²) in [4.78, 5) is 12.6. The van der Waals surface area contributed by atoms with Crippen molar-refractivity contribution in [2.45, 2.75) is 50.5 Å². The van der Waals surface area contributed by atoms with Gasteiger partial charge >= 0.3 is 5.97 Å². The van der Waals surface area contributed by atoms with Gasteiger partial charge in [0.15, 0.2) is 0 Å². The molecule has 3 heteroatoms. The smallest absolute Gasteiger partial charge is 0.326 e. The lowest BCUT2D eigenvalue weighted by molar-refractivity contribution is -0.168. The van der Waals surface area contributed by atoms with Gasteiger partial charge in [0.05, 0.1) is 7.11 Å². The Labute approximate surface area is 115 Å². The lowest BCUT2D eigenvalue weighted by Crippen LogP contribution is -2.69. The molecule has 0 radical (unpaired) electrons. The number of nitrogens with one attached hydrogen (secondary N) is 1. The molecule has 0 spiro atoms. The summed E-state index contributed by atoms with van der Waals surface area (Å²) in [5.74, 6) is 3.71. The molecule has 0 amide bonds. The lowest BCUT2D eigenvalue weighted by Gasteiger charge is -2.59. The summed E-state index contributed by atoms with van der Waals surface area (Å²) >= 11 is 0. The third kappa shape index (κ3) is 1.77. The predicted molar refractivity (Wildman–Crippen MR) is 72.5 cm³/mol. The highest BCUT2D eigenvalue weighted by molar-refractivity contribution is 5.82. The van der Waals surface area contributed by atoms with Gasteiger partial charge in [0.2, 0.25) is 0 Å². The summed E-state index contributed by atoms with van der Waals surface area (Å²) in [5, 5.41) is 3.72. The molecule has 19 heavy (non-hydrogen) atoms. The SMILES string of the molecule is COC(=O)C1(NCC2CC2)C2CC3CC(C2)CC1C3. The average Bonchev–Trinajstić information content (AvgIpc) is 3.21. The van der Waals surface area contributed by atoms with Crippen LogP contribution in [-0.4, -0.2) is 25.2 Å². The number of hydrogen-bond donors (Lipinski definition) is 1. The zero-order valence-electron chi connectivity index (χ0n) is 11.9. The largest absolute Gasteiger partial charge is 0.468 e. The van der Waals surface area contributed by atoms with Crippen molar-refractivity contribution < 1.29 is 9.53 Å². The van der Waals surface area contributed by atoms with Crippen LogP contribution < -0.4 is 5.32 Å². The molecule has 5 aliphatic carbocycles. The second-order valence-corrected chi connectivity index (χ2v) is 7.49. The number of ether oxygens (including phenoxy) is 1. The summed E-state index contributed by atoms with van der Waals surface area (Å²) in [5.41, 5.74) is -0.329. The summed E-state index contributed by atoms with van der Waals surface area (Å²) in [6.45, 7) is 1.03. The number of esters is 1. The number of carbonyl (C=O) groups is 1. The maximum atomic E-state index is 12.6. The molecule has 0 aliphatic heterocycles. The normalized spacial score (nSPS) is 47.4. The maximum Gasteiger partial charge on any atom is 0.326 e. The third-order valence-electron chi connectivity index (χ3n) is 6.33. The second-order valence-electron chi connectivity index (χ2n) is 7.49. The van der Waals surface area contributed by atoms with Crippen molar-refractivity contribution in [2.75, 3.05) is 13.7 Å². The maximum absolute atomic E-state index is 12.6. The van der Waals surface area contributed by atoms with E-state index in [4.69, 9.17) is 4.74 Å². The van der Waals surface area contributed by atoms with Gasteiger partial charge in [-0.1, -0.05) is 0 Å². The Bertz CT molecular complexity index is 360. The van der Waals surface area contributed by atoms with Gasteiger partial charge in [0, 0.05) is 0 Å². The topological polar surface area (TPSA) is 38.3 Å². The Morgan fingerprint density at radius 1 is 1.11 bits per heavy atom. The molecule has 5 fully saturated rings. The van der Waals surface area contributed by atoms with Crippen molar-refractivity contribution in [1.29, 1.82) is 0 Å². The van der Waals surface area contributed by atoms with E-state index < -0.39 is 0 Å². The Kier molecular flexibility index (Phi) is 2.70. The molecule has 4 bridgehead atoms. The summed E-state index contributed by atoms with van der Waals surface area (Å²) in [6.07, 6.45) is 9.10. The standard InChI is InChI=1S/C16H25NO2/c1-19-15(18)16(17-9-10-2-3-10)13-5-11-4-12(7-13)8-14(16)6-11/h10-14,17H,2-9H2,1H3. The van der Waals surface area contributed by atoms with E-state index in [9.17, 15) is 4.79 Å². The summed E-state index contributed by atoms with van der Waals surface area (Å²) in [7, 11) is 1.56. The van der Waals surface area contributed by atoms with E-state index in [2.05, 4.69) is 5.32 Å². The Morgan fingerprint density at radius 3 is 2.16 bits per heavy atom. The van der Waals surface area contributed by atoms with E-state index in [-0.39, 0.29) is 11.5 Å². The van der Waals surface area contributed by atoms with Crippen LogP contribution in [0.5, 0.6) is 0 Å². The van der Waals surface area contributed by atoms with Gasteiger partial charge in [-0.25, -0.2) is 0 Å². The van der Waals surface area contributed by atoms with Gasteiger partial charge in [-0.05, 0) is 81.1 Å². The molecule has 5 saturated carbocycles. The number of carbonyl (C=O) groups excluding carboxylic acids is 1. The number of rotatable bonds is 4. The highest BCUT2D eigenvalue weighted by atomic mass is 16.5. The minimum absolute atomic E-state index is 0.0296. The molecule has 0 saturated heterocycles. The number of hydrogen-bond acceptors (Lipinski definition) is 3. The molecule has 3 nitrogen and oxygen atoms in total. The first-order valence-corrected chi connectivity index (χ1v) is 8.05. The minimum atomic E-state index is -0.329. The Balaban J connectivity index is 1.63. The third-order valence-corrected chi connectivity index (χ3v) is 6.33. The van der Waals surface area contributed by atoms with E-state index in [1.165, 1.54) is 44.9 Å². The molecule has 5 rings (SSSR count). The van der Waals surface area contributed by atoms with Gasteiger partial charge in [0.25, 0.3) is 0 Å². The van der Waals surface area contributed by atoms with Crippen LogP contribution in [0.1, 0.15) is 44.9 Å². The van der Waals surface area contributed by atoms with E-state index in [0.717, 1.165) is 24.3 Å². The quantitative estimate of drug-likeness (QED) is 0.791. The number of methoxy groups -OCH3 is 1. The van der Waals surface area contributed by atoms with Crippen LogP contribution in [0.25, 0.3) is 0 Å². The first-order valence-electron chi connectivity index (χ1n) is 8.05. The first-order chi connectivity index (χ1) is 9.22. The molecule has 0 aromatic carbocycles. The van der Waals surface area contributed by atoms with Gasteiger partial charge < -0.3 is 10.1 Å². The van der Waals surface area contributed by atoms with E-state index in [1.54, 1.807) is 7.11 Å². The Morgan fingerprint density at radius 2 is 1.68 bits per heavy atom. The van der Waals surface area contributed by atoms with Crippen LogP contribution in [0.4, 0.5) is 0 Å². The first kappa shape index (κ1) is 12.2. The van der Waals surface area contributed by atoms with Crippen LogP contribution in [-0.2, 0) is 9.53 Å². The van der Waals surface area contributed by atoms with E-state index >= 15 is 0 Å². The highest BCUT2D eigenvalue weighted by Gasteiger charge is 2.61. The monoisotopic (exact) mass is 263 g/mol. The van der Waals surface area contributed by atoms with E-state index in [0.29, 0.717) is 11.8 Å². The van der Waals surface area contributed by atoms with Gasteiger partial charge in [-0.3, -0.25) is 4.79 Å². The van der Waals surface area contributed by atoms with Gasteiger partial charge in [0.1, 0.15) is 5.54 Å². The zero-order valence-corrected chi connectivity index (χ0v) is 11.9. The van der Waals surface area contributed by atoms with Crippen LogP contribution in [0.15, 0.2) is 0 Å². The highest BCUT2D eigenvalue weighted by Crippen LogP contribution is 2.58. The summed E-state index contributed by atoms with van der Waals surface area (Å²) in [6, 6.07) is 0. The molecule has 5 aliphatic rings. The second kappa shape index (κ2) is 4.21. The molecule has 0 aromatic rings. The van der Waals surface area contributed by atoms with Gasteiger partial charge in [-0.15, -0.1) is 0 Å². The molecule has 0 unspecified atom stereocenters. The lowest BCUT2D eigenvalue weighted by atomic mass is 9.48. The van der Waals surface area contributed by atoms with Crippen molar-refractivity contribution in [3.05, 3.63) is 0 Å². The van der Waals surface area contributed by atoms with Crippen LogP contribution >= 0.6 is 0 Å². The fraction of sp³-hybridized carbons (Fsp3) is 0.938. The van der Waals surface area contributed by atoms with E-state index in [1.807, 2.05) is 0 Å². The van der Waals surface area contributed by atoms with Crippen molar-refractivity contribution in [3.8, 4) is 0 Å². The van der Waals surface area contributed by atoms with Crippen LogP contribution in [0, 0.1) is 29.6 Å². The molecular weight excluding hydrogens is 238 g/mol. The van der Waals surface area contributed by atoms with Crippen molar-refractivity contribution >= 4 is 5.97 Å². The fourth-order valence-corrected chi connectivity index (χ4v) is 5.43. The van der Waals surface area contributed by atoms with Crippen molar-refractivity contribution in [1.82, 2.24) is 5.32 Å². The van der Waals surface area contributed by atoms with Crippen LogP contribution in [0.2, 0.25) is 0 Å². The average molecular weight is 263 g/mol. The molecule has 0 heterocycles. The van der Waals surface area contributed by atoms with Crippen LogP contribution in [0.3, 0.4) is 0 Å². The van der Waals surface area contributed by atoms with Crippen molar-refractivity contribution in [3.63, 3.8) is 0 Å². The minimum Gasteiger partial charge on any atom is -0.468 e. The molecule has 0 aromatic heterocycles.